The molecule has 110 valence electrons. The van der Waals surface area contributed by atoms with Gasteiger partial charge in [0.05, 0.1) is 6.04 Å². The Morgan fingerprint density at radius 1 is 1.30 bits per heavy atom. The summed E-state index contributed by atoms with van der Waals surface area (Å²) in [6.45, 7) is 6.90. The van der Waals surface area contributed by atoms with Gasteiger partial charge in [0.15, 0.2) is 0 Å². The van der Waals surface area contributed by atoms with E-state index >= 15 is 0 Å². The molecule has 1 unspecified atom stereocenters. The minimum atomic E-state index is -0.0921. The smallest absolute Gasteiger partial charge is 0.236 e. The van der Waals surface area contributed by atoms with E-state index in [1.807, 2.05) is 6.92 Å². The molecule has 1 atom stereocenters. The Labute approximate surface area is 122 Å². The van der Waals surface area contributed by atoms with Crippen LogP contribution < -0.4 is 10.6 Å². The van der Waals surface area contributed by atoms with E-state index in [1.54, 1.807) is 0 Å². The number of amides is 1. The molecule has 2 N–H and O–H groups in total. The molecule has 1 amide bonds. The molecule has 0 spiro atoms. The van der Waals surface area contributed by atoms with Crippen LogP contribution in [0.3, 0.4) is 0 Å². The molecule has 2 rings (SSSR count). The lowest BCUT2D eigenvalue weighted by Crippen LogP contribution is -2.50. The number of hydrogen-bond acceptors (Lipinski definition) is 2. The number of aryl methyl sites for hydroxylation is 1. The Hall–Kier alpha value is -1.35. The van der Waals surface area contributed by atoms with Gasteiger partial charge in [0.1, 0.15) is 0 Å². The number of carbonyl (C=O) groups is 1. The van der Waals surface area contributed by atoms with Crippen molar-refractivity contribution in [1.29, 1.82) is 0 Å². The summed E-state index contributed by atoms with van der Waals surface area (Å²) in [5.41, 5.74) is 2.74. The summed E-state index contributed by atoms with van der Waals surface area (Å²) in [5, 5.41) is 6.36. The van der Waals surface area contributed by atoms with E-state index in [4.69, 9.17) is 0 Å². The lowest BCUT2D eigenvalue weighted by Gasteiger charge is -2.38. The van der Waals surface area contributed by atoms with Crippen LogP contribution in [0.1, 0.15) is 50.2 Å². The number of hydrogen-bond donors (Lipinski definition) is 2. The lowest BCUT2D eigenvalue weighted by molar-refractivity contribution is -0.123. The van der Waals surface area contributed by atoms with Crippen molar-refractivity contribution in [3.8, 4) is 0 Å². The molecule has 1 fully saturated rings. The normalized spacial score (nSPS) is 22.9. The monoisotopic (exact) mass is 274 g/mol. The predicted molar refractivity (Wildman–Crippen MR) is 82.8 cm³/mol. The van der Waals surface area contributed by atoms with Crippen molar-refractivity contribution >= 4 is 5.91 Å². The van der Waals surface area contributed by atoms with E-state index in [0.29, 0.717) is 12.0 Å². The van der Waals surface area contributed by atoms with Gasteiger partial charge in [-0.25, -0.2) is 0 Å². The van der Waals surface area contributed by atoms with Crippen molar-refractivity contribution in [1.82, 2.24) is 10.6 Å². The molecular formula is C17H26N2O. The first-order valence-corrected chi connectivity index (χ1v) is 7.70. The highest BCUT2D eigenvalue weighted by Gasteiger charge is 2.31. The standard InChI is InChI=1S/C17H26N2O/c1-4-9-18-17(20)13(3)19-16-10-15(11-16)14-7-5-12(2)6-8-14/h5-8,13,15-16,19H,4,9-11H2,1-3H3,(H,18,20). The molecule has 0 heterocycles. The maximum absolute atomic E-state index is 11.8. The van der Waals surface area contributed by atoms with Crippen molar-refractivity contribution in [3.05, 3.63) is 35.4 Å². The minimum absolute atomic E-state index is 0.0921. The van der Waals surface area contributed by atoms with Crippen molar-refractivity contribution in [3.63, 3.8) is 0 Å². The fraction of sp³-hybridized carbons (Fsp3) is 0.588. The average molecular weight is 274 g/mol. The Kier molecular flexibility index (Phi) is 5.18. The molecule has 1 saturated carbocycles. The van der Waals surface area contributed by atoms with E-state index in [0.717, 1.165) is 25.8 Å². The fourth-order valence-electron chi connectivity index (χ4n) is 2.70. The van der Waals surface area contributed by atoms with Crippen LogP contribution in [-0.2, 0) is 4.79 Å². The van der Waals surface area contributed by atoms with E-state index in [2.05, 4.69) is 48.7 Å². The molecule has 3 heteroatoms. The molecule has 20 heavy (non-hydrogen) atoms. The Morgan fingerprint density at radius 2 is 1.95 bits per heavy atom. The van der Waals surface area contributed by atoms with Crippen molar-refractivity contribution in [2.45, 2.75) is 58.0 Å². The van der Waals surface area contributed by atoms with Crippen molar-refractivity contribution in [2.75, 3.05) is 6.54 Å². The molecule has 0 bridgehead atoms. The first-order valence-electron chi connectivity index (χ1n) is 7.70. The quantitative estimate of drug-likeness (QED) is 0.837. The summed E-state index contributed by atoms with van der Waals surface area (Å²) >= 11 is 0. The van der Waals surface area contributed by atoms with E-state index in [9.17, 15) is 4.79 Å². The number of carbonyl (C=O) groups excluding carboxylic acids is 1. The van der Waals surface area contributed by atoms with E-state index < -0.39 is 0 Å². The van der Waals surface area contributed by atoms with Crippen LogP contribution in [0.25, 0.3) is 0 Å². The summed E-state index contributed by atoms with van der Waals surface area (Å²) in [7, 11) is 0. The van der Waals surface area contributed by atoms with Crippen LogP contribution >= 0.6 is 0 Å². The van der Waals surface area contributed by atoms with Crippen molar-refractivity contribution < 1.29 is 4.79 Å². The van der Waals surface area contributed by atoms with Crippen molar-refractivity contribution in [2.24, 2.45) is 0 Å². The fourth-order valence-corrected chi connectivity index (χ4v) is 2.70. The van der Waals surface area contributed by atoms with Crippen LogP contribution in [0, 0.1) is 6.92 Å². The summed E-state index contributed by atoms with van der Waals surface area (Å²) in [5.74, 6) is 0.768. The Bertz CT molecular complexity index is 435. The highest BCUT2D eigenvalue weighted by molar-refractivity contribution is 5.81. The Morgan fingerprint density at radius 3 is 2.55 bits per heavy atom. The molecular weight excluding hydrogens is 248 g/mol. The third kappa shape index (κ3) is 3.83. The number of benzene rings is 1. The summed E-state index contributed by atoms with van der Waals surface area (Å²) < 4.78 is 0. The maximum Gasteiger partial charge on any atom is 0.236 e. The van der Waals surface area contributed by atoms with E-state index in [1.165, 1.54) is 11.1 Å². The summed E-state index contributed by atoms with van der Waals surface area (Å²) in [6, 6.07) is 9.20. The molecule has 0 radical (unpaired) electrons. The summed E-state index contributed by atoms with van der Waals surface area (Å²) in [4.78, 5) is 11.8. The molecule has 1 aliphatic rings. The summed E-state index contributed by atoms with van der Waals surface area (Å²) in [6.07, 6.45) is 3.25. The van der Waals surface area contributed by atoms with Gasteiger partial charge in [-0.2, -0.15) is 0 Å². The first-order chi connectivity index (χ1) is 9.60. The highest BCUT2D eigenvalue weighted by atomic mass is 16.2. The van der Waals surface area contributed by atoms with Gasteiger partial charge in [-0.1, -0.05) is 36.8 Å². The third-order valence-electron chi connectivity index (χ3n) is 4.12. The van der Waals surface area contributed by atoms with Crippen LogP contribution in [-0.4, -0.2) is 24.5 Å². The van der Waals surface area contributed by atoms with E-state index in [-0.39, 0.29) is 11.9 Å². The third-order valence-corrected chi connectivity index (χ3v) is 4.12. The highest BCUT2D eigenvalue weighted by Crippen LogP contribution is 2.37. The number of nitrogens with one attached hydrogen (secondary N) is 2. The minimum Gasteiger partial charge on any atom is -0.355 e. The van der Waals surface area contributed by atoms with Gasteiger partial charge in [-0.3, -0.25) is 4.79 Å². The van der Waals surface area contributed by atoms with Crippen LogP contribution in [0.5, 0.6) is 0 Å². The molecule has 1 aromatic carbocycles. The molecule has 0 saturated heterocycles. The van der Waals surface area contributed by atoms with Crippen LogP contribution in [0.2, 0.25) is 0 Å². The van der Waals surface area contributed by atoms with Crippen LogP contribution in [0.15, 0.2) is 24.3 Å². The van der Waals surface area contributed by atoms with Gasteiger partial charge in [-0.15, -0.1) is 0 Å². The SMILES string of the molecule is CCCNC(=O)C(C)NC1CC(c2ccc(C)cc2)C1. The predicted octanol–water partition coefficient (Wildman–Crippen LogP) is 2.75. The average Bonchev–Trinajstić information content (AvgIpc) is 2.40. The lowest BCUT2D eigenvalue weighted by atomic mass is 9.75. The molecule has 3 nitrogen and oxygen atoms in total. The van der Waals surface area contributed by atoms with Crippen LogP contribution in [0.4, 0.5) is 0 Å². The molecule has 1 aliphatic carbocycles. The van der Waals surface area contributed by atoms with Gasteiger partial charge in [0.25, 0.3) is 0 Å². The second kappa shape index (κ2) is 6.89. The topological polar surface area (TPSA) is 41.1 Å². The number of rotatable bonds is 6. The second-order valence-corrected chi connectivity index (χ2v) is 5.96. The zero-order chi connectivity index (χ0) is 14.5. The van der Waals surface area contributed by atoms with Gasteiger partial charge in [0.2, 0.25) is 5.91 Å². The molecule has 0 aliphatic heterocycles. The molecule has 1 aromatic rings. The van der Waals surface area contributed by atoms with Gasteiger partial charge in [-0.05, 0) is 44.6 Å². The Balaban J connectivity index is 1.73. The van der Waals surface area contributed by atoms with Gasteiger partial charge < -0.3 is 10.6 Å². The van der Waals surface area contributed by atoms with Gasteiger partial charge >= 0.3 is 0 Å². The maximum atomic E-state index is 11.8. The zero-order valence-corrected chi connectivity index (χ0v) is 12.8. The second-order valence-electron chi connectivity index (χ2n) is 5.96. The first kappa shape index (κ1) is 15.0. The van der Waals surface area contributed by atoms with Gasteiger partial charge in [0, 0.05) is 12.6 Å². The molecule has 0 aromatic heterocycles. The largest absolute Gasteiger partial charge is 0.355 e. The zero-order valence-electron chi connectivity index (χ0n) is 12.8.